The molecule has 0 spiro atoms. The number of fused-ring (bicyclic) bond motifs is 1. The van der Waals surface area contributed by atoms with Gasteiger partial charge in [0.25, 0.3) is 5.91 Å². The summed E-state index contributed by atoms with van der Waals surface area (Å²) in [5, 5.41) is 13.2. The monoisotopic (exact) mass is 429 g/mol. The molecule has 7 heteroatoms. The molecule has 4 aromatic rings. The zero-order valence-corrected chi connectivity index (χ0v) is 17.3. The molecule has 160 valence electrons. The van der Waals surface area contributed by atoms with Crippen LogP contribution in [-0.4, -0.2) is 24.1 Å². The lowest BCUT2D eigenvalue weighted by Gasteiger charge is -2.09. The van der Waals surface area contributed by atoms with Crippen LogP contribution < -0.4 is 10.7 Å². The van der Waals surface area contributed by atoms with Crippen molar-refractivity contribution in [1.29, 1.82) is 0 Å². The van der Waals surface area contributed by atoms with Gasteiger partial charge in [-0.25, -0.2) is 4.79 Å². The maximum Gasteiger partial charge on any atom is 0.337 e. The second kappa shape index (κ2) is 8.39. The molecule has 4 rings (SSSR count). The number of benzene rings is 3. The van der Waals surface area contributed by atoms with Gasteiger partial charge in [-0.1, -0.05) is 23.8 Å². The van der Waals surface area contributed by atoms with Gasteiger partial charge < -0.3 is 19.6 Å². The van der Waals surface area contributed by atoms with E-state index in [2.05, 4.69) is 10.1 Å². The molecule has 0 saturated carbocycles. The molecular weight excluding hydrogens is 410 g/mol. The first-order chi connectivity index (χ1) is 15.4. The molecule has 7 nitrogen and oxygen atoms in total. The zero-order chi connectivity index (χ0) is 22.8. The summed E-state index contributed by atoms with van der Waals surface area (Å²) in [6.45, 7) is 1.91. The number of nitrogens with one attached hydrogen (secondary N) is 1. The summed E-state index contributed by atoms with van der Waals surface area (Å²) in [4.78, 5) is 36.5. The van der Waals surface area contributed by atoms with Crippen LogP contribution in [0.3, 0.4) is 0 Å². The normalized spacial score (nSPS) is 10.7. The number of anilines is 1. The van der Waals surface area contributed by atoms with E-state index in [0.717, 1.165) is 5.56 Å². The first-order valence-corrected chi connectivity index (χ1v) is 9.73. The van der Waals surface area contributed by atoms with Crippen LogP contribution >= 0.6 is 0 Å². The lowest BCUT2D eigenvalue weighted by atomic mass is 10.1. The van der Waals surface area contributed by atoms with E-state index in [4.69, 9.17) is 4.42 Å². The van der Waals surface area contributed by atoms with Crippen molar-refractivity contribution in [2.45, 2.75) is 6.92 Å². The number of phenolic OH excluding ortho intramolecular Hbond substituents is 1. The fraction of sp³-hybridized carbons (Fsp3) is 0.0800. The maximum absolute atomic E-state index is 12.6. The van der Waals surface area contributed by atoms with E-state index in [9.17, 15) is 19.5 Å². The van der Waals surface area contributed by atoms with Crippen molar-refractivity contribution < 1.29 is 23.8 Å². The summed E-state index contributed by atoms with van der Waals surface area (Å²) in [5.41, 5.74) is 2.62. The average molecular weight is 429 g/mol. The van der Waals surface area contributed by atoms with Gasteiger partial charge in [-0.05, 0) is 49.4 Å². The van der Waals surface area contributed by atoms with Gasteiger partial charge >= 0.3 is 5.97 Å². The molecule has 0 radical (unpaired) electrons. The Morgan fingerprint density at radius 1 is 0.938 bits per heavy atom. The summed E-state index contributed by atoms with van der Waals surface area (Å²) >= 11 is 0. The number of phenols is 1. The molecule has 3 aromatic carbocycles. The molecule has 0 saturated heterocycles. The van der Waals surface area contributed by atoms with E-state index in [1.807, 2.05) is 13.0 Å². The highest BCUT2D eigenvalue weighted by molar-refractivity contribution is 6.05. The molecule has 32 heavy (non-hydrogen) atoms. The fourth-order valence-electron chi connectivity index (χ4n) is 3.27. The highest BCUT2D eigenvalue weighted by atomic mass is 16.5. The molecule has 1 heterocycles. The van der Waals surface area contributed by atoms with Gasteiger partial charge in [0.15, 0.2) is 5.43 Å². The number of esters is 1. The zero-order valence-electron chi connectivity index (χ0n) is 17.3. The molecule has 0 aliphatic heterocycles. The Labute approximate surface area is 182 Å². The van der Waals surface area contributed by atoms with Crippen LogP contribution in [0.1, 0.15) is 26.3 Å². The van der Waals surface area contributed by atoms with Gasteiger partial charge in [0.05, 0.1) is 23.7 Å². The summed E-state index contributed by atoms with van der Waals surface area (Å²) in [6, 6.07) is 17.4. The lowest BCUT2D eigenvalue weighted by Crippen LogP contribution is -2.12. The van der Waals surface area contributed by atoms with E-state index < -0.39 is 11.9 Å². The van der Waals surface area contributed by atoms with Gasteiger partial charge in [0.1, 0.15) is 17.1 Å². The number of aryl methyl sites for hydroxylation is 1. The molecule has 1 amide bonds. The van der Waals surface area contributed by atoms with Crippen LogP contribution in [0.5, 0.6) is 5.75 Å². The number of carbonyl (C=O) groups excluding carboxylic acids is 2. The molecular formula is C25H19NO6. The standard InChI is InChI=1S/C25H19NO6/c1-14-3-10-22-18(11-14)20(27)13-23(32-22)15-4-6-16(7-5-15)24(29)26-19-9-8-17(12-21(19)28)25(30)31-2/h3-13,28H,1-2H3,(H,26,29). The molecule has 0 aliphatic rings. The van der Waals surface area contributed by atoms with E-state index >= 15 is 0 Å². The Balaban J connectivity index is 1.56. The van der Waals surface area contributed by atoms with Gasteiger partial charge in [-0.2, -0.15) is 0 Å². The molecule has 0 aliphatic carbocycles. The van der Waals surface area contributed by atoms with Crippen molar-refractivity contribution in [3.63, 3.8) is 0 Å². The van der Waals surface area contributed by atoms with E-state index in [1.54, 1.807) is 36.4 Å². The third kappa shape index (κ3) is 4.09. The Morgan fingerprint density at radius 3 is 2.34 bits per heavy atom. The third-order valence-corrected chi connectivity index (χ3v) is 4.98. The number of methoxy groups -OCH3 is 1. The first-order valence-electron chi connectivity index (χ1n) is 9.73. The van der Waals surface area contributed by atoms with Crippen LogP contribution in [-0.2, 0) is 4.74 Å². The van der Waals surface area contributed by atoms with Crippen LogP contribution in [0.4, 0.5) is 5.69 Å². The molecule has 0 atom stereocenters. The number of amides is 1. The van der Waals surface area contributed by atoms with Gasteiger partial charge in [-0.3, -0.25) is 9.59 Å². The number of hydrogen-bond acceptors (Lipinski definition) is 6. The minimum atomic E-state index is -0.593. The van der Waals surface area contributed by atoms with Gasteiger partial charge in [-0.15, -0.1) is 0 Å². The third-order valence-electron chi connectivity index (χ3n) is 4.98. The average Bonchev–Trinajstić information content (AvgIpc) is 2.80. The number of carbonyl (C=O) groups is 2. The van der Waals surface area contributed by atoms with Crippen LogP contribution in [0.15, 0.2) is 75.9 Å². The molecule has 0 bridgehead atoms. The molecule has 0 unspecified atom stereocenters. The quantitative estimate of drug-likeness (QED) is 0.365. The summed E-state index contributed by atoms with van der Waals surface area (Å²) in [5.74, 6) is -0.905. The number of hydrogen-bond donors (Lipinski definition) is 2. The topological polar surface area (TPSA) is 106 Å². The van der Waals surface area contributed by atoms with E-state index in [0.29, 0.717) is 27.9 Å². The first kappa shape index (κ1) is 20.9. The number of rotatable bonds is 4. The molecule has 1 aromatic heterocycles. The Hall–Kier alpha value is -4.39. The van der Waals surface area contributed by atoms with E-state index in [-0.39, 0.29) is 22.4 Å². The minimum absolute atomic E-state index is 0.141. The second-order valence-corrected chi connectivity index (χ2v) is 7.23. The number of aromatic hydroxyl groups is 1. The van der Waals surface area contributed by atoms with Gasteiger partial charge in [0.2, 0.25) is 0 Å². The van der Waals surface area contributed by atoms with Gasteiger partial charge in [0, 0.05) is 17.2 Å². The Bertz CT molecular complexity index is 1400. The highest BCUT2D eigenvalue weighted by Crippen LogP contribution is 2.26. The van der Waals surface area contributed by atoms with E-state index in [1.165, 1.54) is 31.4 Å². The van der Waals surface area contributed by atoms with Crippen molar-refractivity contribution in [3.8, 4) is 17.1 Å². The Kier molecular flexibility index (Phi) is 5.47. The maximum atomic E-state index is 12.6. The predicted octanol–water partition coefficient (Wildman–Crippen LogP) is 4.51. The lowest BCUT2D eigenvalue weighted by molar-refractivity contribution is 0.0600. The smallest absolute Gasteiger partial charge is 0.337 e. The SMILES string of the molecule is COC(=O)c1ccc(NC(=O)c2ccc(-c3cc(=O)c4cc(C)ccc4o3)cc2)c(O)c1. The summed E-state index contributed by atoms with van der Waals surface area (Å²) < 4.78 is 10.5. The van der Waals surface area contributed by atoms with Crippen molar-refractivity contribution >= 4 is 28.5 Å². The summed E-state index contributed by atoms with van der Waals surface area (Å²) in [7, 11) is 1.24. The Morgan fingerprint density at radius 2 is 1.66 bits per heavy atom. The second-order valence-electron chi connectivity index (χ2n) is 7.23. The summed E-state index contributed by atoms with van der Waals surface area (Å²) in [6.07, 6.45) is 0. The largest absolute Gasteiger partial charge is 0.506 e. The van der Waals surface area contributed by atoms with Crippen LogP contribution in [0, 0.1) is 6.92 Å². The molecule has 2 N–H and O–H groups in total. The van der Waals surface area contributed by atoms with Crippen molar-refractivity contribution in [2.75, 3.05) is 12.4 Å². The predicted molar refractivity (Wildman–Crippen MR) is 120 cm³/mol. The van der Waals surface area contributed by atoms with Crippen LogP contribution in [0.25, 0.3) is 22.3 Å². The highest BCUT2D eigenvalue weighted by Gasteiger charge is 2.13. The van der Waals surface area contributed by atoms with Crippen LogP contribution in [0.2, 0.25) is 0 Å². The van der Waals surface area contributed by atoms with Crippen molar-refractivity contribution in [3.05, 3.63) is 93.6 Å². The molecule has 0 fully saturated rings. The minimum Gasteiger partial charge on any atom is -0.506 e. The number of ether oxygens (including phenoxy) is 1. The van der Waals surface area contributed by atoms with Crippen molar-refractivity contribution in [1.82, 2.24) is 0 Å². The fourth-order valence-corrected chi connectivity index (χ4v) is 3.27. The van der Waals surface area contributed by atoms with Crippen molar-refractivity contribution in [2.24, 2.45) is 0 Å².